The quantitative estimate of drug-likeness (QED) is 0.466. The lowest BCUT2D eigenvalue weighted by atomic mass is 9.87. The third-order valence-corrected chi connectivity index (χ3v) is 6.66. The van der Waals surface area contributed by atoms with E-state index in [4.69, 9.17) is 23.2 Å². The average molecular weight is 472 g/mol. The topological polar surface area (TPSA) is 45.2 Å². The molecule has 4 rings (SSSR count). The number of aromatic nitrogens is 1. The monoisotopic (exact) mass is 471 g/mol. The molecule has 0 bridgehead atoms. The molecule has 7 heteroatoms. The summed E-state index contributed by atoms with van der Waals surface area (Å²) in [6.07, 6.45) is 4.72. The fraction of sp³-hybridized carbons (Fsp3) is 0.250. The first kappa shape index (κ1) is 22.0. The first-order valence-electron chi connectivity index (χ1n) is 10.1. The van der Waals surface area contributed by atoms with Crippen LogP contribution in [0, 0.1) is 0 Å². The number of nitrogens with one attached hydrogen (secondary N) is 1. The summed E-state index contributed by atoms with van der Waals surface area (Å²) in [5.41, 5.74) is 3.90. The van der Waals surface area contributed by atoms with Gasteiger partial charge in [-0.15, -0.1) is 0 Å². The van der Waals surface area contributed by atoms with Crippen LogP contribution < -0.4 is 10.2 Å². The third kappa shape index (κ3) is 5.17. The van der Waals surface area contributed by atoms with E-state index in [1.54, 1.807) is 12.3 Å². The predicted octanol–water partition coefficient (Wildman–Crippen LogP) is 6.41. The molecule has 1 N–H and O–H groups in total. The second-order valence-corrected chi connectivity index (χ2v) is 9.73. The summed E-state index contributed by atoms with van der Waals surface area (Å²) >= 11 is 13.7. The number of fused-ring (bicyclic) bond motifs is 1. The first-order valence-corrected chi connectivity index (χ1v) is 11.7. The number of amides is 1. The van der Waals surface area contributed by atoms with Crippen LogP contribution in [0.15, 0.2) is 64.6 Å². The molecule has 0 fully saturated rings. The largest absolute Gasteiger partial charge is 0.377 e. The van der Waals surface area contributed by atoms with Gasteiger partial charge in [0.05, 0.1) is 17.3 Å². The van der Waals surface area contributed by atoms with Gasteiger partial charge < -0.3 is 10.2 Å². The minimum Gasteiger partial charge on any atom is -0.377 e. The first-order chi connectivity index (χ1) is 14.9. The number of hydrogen-bond acceptors (Lipinski definition) is 4. The standard InChI is InChI=1S/C24H23Cl2N3OS/c1-29(2)22-13-23(31-18-11-16(25)10-17(26)12-18)27-14-20(22)24(30)28-21-9-5-7-15-6-3-4-8-19(15)21/h3-4,6,8,10-14,21H,5,7,9H2,1-2H3,(H,28,30)/t21-/m0/s1. The average Bonchev–Trinajstić information content (AvgIpc) is 2.73. The van der Waals surface area contributed by atoms with Crippen molar-refractivity contribution in [1.29, 1.82) is 0 Å². The second kappa shape index (κ2) is 9.51. The summed E-state index contributed by atoms with van der Waals surface area (Å²) < 4.78 is 0. The molecule has 1 heterocycles. The molecule has 4 nitrogen and oxygen atoms in total. The van der Waals surface area contributed by atoms with Gasteiger partial charge in [-0.2, -0.15) is 0 Å². The van der Waals surface area contributed by atoms with Crippen molar-refractivity contribution >= 4 is 46.6 Å². The lowest BCUT2D eigenvalue weighted by molar-refractivity contribution is 0.0933. The Bertz CT molecular complexity index is 1100. The van der Waals surface area contributed by atoms with Gasteiger partial charge in [0.25, 0.3) is 5.91 Å². The van der Waals surface area contributed by atoms with E-state index in [0.717, 1.165) is 34.9 Å². The predicted molar refractivity (Wildman–Crippen MR) is 129 cm³/mol. The van der Waals surface area contributed by atoms with Crippen LogP contribution in [-0.2, 0) is 6.42 Å². The molecule has 160 valence electrons. The van der Waals surface area contributed by atoms with Crippen LogP contribution in [0.2, 0.25) is 10.0 Å². The van der Waals surface area contributed by atoms with Crippen molar-refractivity contribution in [2.45, 2.75) is 35.2 Å². The molecular weight excluding hydrogens is 449 g/mol. The Balaban J connectivity index is 1.57. The Hall–Kier alpha value is -2.21. The maximum Gasteiger partial charge on any atom is 0.255 e. The molecule has 0 radical (unpaired) electrons. The Kier molecular flexibility index (Phi) is 6.75. The van der Waals surface area contributed by atoms with Gasteiger partial charge in [0.15, 0.2) is 0 Å². The number of carbonyl (C=O) groups is 1. The van der Waals surface area contributed by atoms with Gasteiger partial charge in [-0.3, -0.25) is 4.79 Å². The fourth-order valence-corrected chi connectivity index (χ4v) is 5.42. The number of nitrogens with zero attached hydrogens (tertiary/aromatic N) is 2. The Labute approximate surface area is 197 Å². The van der Waals surface area contributed by atoms with Crippen molar-refractivity contribution < 1.29 is 4.79 Å². The van der Waals surface area contributed by atoms with Crippen molar-refractivity contribution in [3.05, 3.63) is 81.5 Å². The summed E-state index contributed by atoms with van der Waals surface area (Å²) in [5, 5.41) is 5.14. The number of aryl methyl sites for hydroxylation is 1. The Morgan fingerprint density at radius 3 is 2.61 bits per heavy atom. The van der Waals surface area contributed by atoms with Crippen LogP contribution in [0.3, 0.4) is 0 Å². The van der Waals surface area contributed by atoms with E-state index in [1.165, 1.54) is 22.9 Å². The van der Waals surface area contributed by atoms with Gasteiger partial charge in [0, 0.05) is 35.2 Å². The third-order valence-electron chi connectivity index (χ3n) is 5.32. The fourth-order valence-electron chi connectivity index (χ4n) is 3.88. The van der Waals surface area contributed by atoms with Gasteiger partial charge in [-0.05, 0) is 54.7 Å². The molecule has 1 aliphatic carbocycles. The van der Waals surface area contributed by atoms with Gasteiger partial charge in [0.1, 0.15) is 5.03 Å². The van der Waals surface area contributed by atoms with E-state index < -0.39 is 0 Å². The van der Waals surface area contributed by atoms with Gasteiger partial charge >= 0.3 is 0 Å². The SMILES string of the molecule is CN(C)c1cc(Sc2cc(Cl)cc(Cl)c2)ncc1C(=O)N[C@H]1CCCc2ccccc21. The number of pyridine rings is 1. The van der Waals surface area contributed by atoms with Crippen molar-refractivity contribution in [3.8, 4) is 0 Å². The highest BCUT2D eigenvalue weighted by atomic mass is 35.5. The van der Waals surface area contributed by atoms with Crippen molar-refractivity contribution in [1.82, 2.24) is 10.3 Å². The van der Waals surface area contributed by atoms with Crippen LogP contribution in [0.5, 0.6) is 0 Å². The number of anilines is 1. The van der Waals surface area contributed by atoms with E-state index in [1.807, 2.05) is 43.3 Å². The highest BCUT2D eigenvalue weighted by molar-refractivity contribution is 7.99. The van der Waals surface area contributed by atoms with E-state index >= 15 is 0 Å². The lowest BCUT2D eigenvalue weighted by Crippen LogP contribution is -2.32. The number of carbonyl (C=O) groups excluding carboxylic acids is 1. The van der Waals surface area contributed by atoms with Crippen LogP contribution in [0.1, 0.15) is 40.4 Å². The van der Waals surface area contributed by atoms with Crippen LogP contribution >= 0.6 is 35.0 Å². The zero-order valence-electron chi connectivity index (χ0n) is 17.4. The number of benzene rings is 2. The molecule has 2 aromatic carbocycles. The van der Waals surface area contributed by atoms with Gasteiger partial charge in [-0.25, -0.2) is 4.98 Å². The van der Waals surface area contributed by atoms with E-state index in [-0.39, 0.29) is 11.9 Å². The Morgan fingerprint density at radius 2 is 1.87 bits per heavy atom. The summed E-state index contributed by atoms with van der Waals surface area (Å²) in [7, 11) is 3.85. The van der Waals surface area contributed by atoms with E-state index in [9.17, 15) is 4.79 Å². The maximum atomic E-state index is 13.2. The second-order valence-electron chi connectivity index (χ2n) is 7.76. The molecule has 0 saturated heterocycles. The summed E-state index contributed by atoms with van der Waals surface area (Å²) in [5.74, 6) is -0.111. The minimum absolute atomic E-state index is 0.0233. The molecule has 31 heavy (non-hydrogen) atoms. The van der Waals surface area contributed by atoms with Crippen molar-refractivity contribution in [2.24, 2.45) is 0 Å². The van der Waals surface area contributed by atoms with E-state index in [0.29, 0.717) is 15.6 Å². The maximum absolute atomic E-state index is 13.2. The highest BCUT2D eigenvalue weighted by Crippen LogP contribution is 2.34. The van der Waals surface area contributed by atoms with Crippen molar-refractivity contribution in [2.75, 3.05) is 19.0 Å². The smallest absolute Gasteiger partial charge is 0.255 e. The lowest BCUT2D eigenvalue weighted by Gasteiger charge is -2.27. The van der Waals surface area contributed by atoms with Crippen molar-refractivity contribution in [3.63, 3.8) is 0 Å². The number of hydrogen-bond donors (Lipinski definition) is 1. The zero-order valence-corrected chi connectivity index (χ0v) is 19.7. The Morgan fingerprint density at radius 1 is 1.13 bits per heavy atom. The number of halogens is 2. The van der Waals surface area contributed by atoms with Gasteiger partial charge in [0.2, 0.25) is 0 Å². The van der Waals surface area contributed by atoms with Crippen LogP contribution in [0.4, 0.5) is 5.69 Å². The normalized spacial score (nSPS) is 15.3. The molecule has 0 aliphatic heterocycles. The summed E-state index contributed by atoms with van der Waals surface area (Å²) in [6.45, 7) is 0. The van der Waals surface area contributed by atoms with Gasteiger partial charge in [-0.1, -0.05) is 59.2 Å². The molecule has 1 atom stereocenters. The summed E-state index contributed by atoms with van der Waals surface area (Å²) in [6, 6.07) is 15.7. The summed E-state index contributed by atoms with van der Waals surface area (Å²) in [4.78, 5) is 20.5. The molecule has 0 unspecified atom stereocenters. The zero-order chi connectivity index (χ0) is 22.0. The molecule has 1 aromatic heterocycles. The highest BCUT2D eigenvalue weighted by Gasteiger charge is 2.24. The van der Waals surface area contributed by atoms with Crippen LogP contribution in [-0.4, -0.2) is 25.0 Å². The molecular formula is C24H23Cl2N3OS. The van der Waals surface area contributed by atoms with Crippen LogP contribution in [0.25, 0.3) is 0 Å². The molecule has 1 amide bonds. The minimum atomic E-state index is -0.111. The van der Waals surface area contributed by atoms with E-state index in [2.05, 4.69) is 28.5 Å². The molecule has 1 aliphatic rings. The number of rotatable bonds is 5. The molecule has 3 aromatic rings. The molecule has 0 spiro atoms. The molecule has 0 saturated carbocycles.